The van der Waals surface area contributed by atoms with Gasteiger partial charge in [-0.15, -0.1) is 0 Å². The maximum atomic E-state index is 10.3. The van der Waals surface area contributed by atoms with Crippen molar-refractivity contribution < 1.29 is 54.3 Å². The molecule has 0 unspecified atom stereocenters. The second-order valence-electron chi connectivity index (χ2n) is 8.78. The maximum absolute atomic E-state index is 10.3. The first-order valence-corrected chi connectivity index (χ1v) is 11.8. The molecular formula is C26H32O11. The molecular weight excluding hydrogens is 488 g/mol. The van der Waals surface area contributed by atoms with Crippen molar-refractivity contribution in [2.45, 2.75) is 42.7 Å². The fraction of sp³-hybridized carbons (Fsp3) is 0.462. The third-order valence-electron chi connectivity index (χ3n) is 6.56. The van der Waals surface area contributed by atoms with Crippen LogP contribution in [0.2, 0.25) is 0 Å². The Bertz CT molecular complexity index is 1100. The van der Waals surface area contributed by atoms with Gasteiger partial charge in [0.25, 0.3) is 0 Å². The lowest BCUT2D eigenvalue weighted by atomic mass is 9.90. The lowest BCUT2D eigenvalue weighted by molar-refractivity contribution is -0.277. The largest absolute Gasteiger partial charge is 0.493 e. The zero-order chi connectivity index (χ0) is 26.7. The van der Waals surface area contributed by atoms with Gasteiger partial charge in [0.1, 0.15) is 30.5 Å². The van der Waals surface area contributed by atoms with E-state index in [4.69, 9.17) is 28.8 Å². The highest BCUT2D eigenvalue weighted by molar-refractivity contribution is 5.62. The highest BCUT2D eigenvalue weighted by Gasteiger charge is 2.45. The molecule has 0 saturated carbocycles. The smallest absolute Gasteiger partial charge is 0.229 e. The molecule has 11 nitrogen and oxygen atoms in total. The minimum absolute atomic E-state index is 0.112. The number of fused-ring (bicyclic) bond motifs is 1. The Morgan fingerprint density at radius 1 is 0.865 bits per heavy atom. The van der Waals surface area contributed by atoms with Crippen LogP contribution in [0.5, 0.6) is 23.0 Å². The molecule has 1 fully saturated rings. The van der Waals surface area contributed by atoms with Gasteiger partial charge in [-0.3, -0.25) is 0 Å². The molecule has 7 atom stereocenters. The van der Waals surface area contributed by atoms with Gasteiger partial charge in [0.05, 0.1) is 40.0 Å². The molecule has 1 saturated heterocycles. The second-order valence-corrected chi connectivity index (χ2v) is 8.78. The average molecular weight is 521 g/mol. The first-order valence-electron chi connectivity index (χ1n) is 11.8. The van der Waals surface area contributed by atoms with E-state index in [2.05, 4.69) is 0 Å². The molecule has 4 rings (SSSR count). The van der Waals surface area contributed by atoms with E-state index in [1.165, 1.54) is 14.2 Å². The SMILES string of the molecule is COc1cc([C@@H]2Oc3c(OC)cc(C=CCO)cc3[C@@H]2CO)ccc1O[C@H]1O[C@@H](CO)[C@H](O)[C@H](O)[C@@H]1O. The number of ether oxygens (including phenoxy) is 5. The standard InChI is InChI=1S/C26H32O11/c1-33-18-10-14(5-6-17(18)35-26-23(32)22(31)21(30)20(12-29)36-26)24-16(11-28)15-8-13(4-3-7-27)9-19(34-2)25(15)37-24/h3-6,8-10,16,20-24,26-32H,7,11-12H2,1-2H3/t16-,20-,21-,22-,23-,24-,26-/m0/s1. The van der Waals surface area contributed by atoms with Crippen molar-refractivity contribution >= 4 is 6.08 Å². The van der Waals surface area contributed by atoms with Crippen molar-refractivity contribution in [1.29, 1.82) is 0 Å². The van der Waals surface area contributed by atoms with Crippen molar-refractivity contribution in [2.24, 2.45) is 0 Å². The predicted octanol–water partition coefficient (Wildman–Crippen LogP) is 0.0976. The van der Waals surface area contributed by atoms with Crippen LogP contribution in [-0.4, -0.2) is 95.4 Å². The summed E-state index contributed by atoms with van der Waals surface area (Å²) in [5, 5.41) is 59.1. The predicted molar refractivity (Wildman–Crippen MR) is 130 cm³/mol. The molecule has 0 spiro atoms. The third-order valence-corrected chi connectivity index (χ3v) is 6.56. The number of rotatable bonds is 9. The van der Waals surface area contributed by atoms with Gasteiger partial charge in [-0.05, 0) is 35.4 Å². The lowest BCUT2D eigenvalue weighted by Gasteiger charge is -2.39. The van der Waals surface area contributed by atoms with Gasteiger partial charge in [-0.2, -0.15) is 0 Å². The molecule has 202 valence electrons. The third kappa shape index (κ3) is 5.25. The zero-order valence-electron chi connectivity index (χ0n) is 20.4. The van der Waals surface area contributed by atoms with Gasteiger partial charge < -0.3 is 54.3 Å². The lowest BCUT2D eigenvalue weighted by Crippen LogP contribution is -2.60. The molecule has 0 aliphatic carbocycles. The Morgan fingerprint density at radius 2 is 1.62 bits per heavy atom. The summed E-state index contributed by atoms with van der Waals surface area (Å²) in [5.41, 5.74) is 2.21. The second kappa shape index (κ2) is 11.7. The fourth-order valence-corrected chi connectivity index (χ4v) is 4.60. The van der Waals surface area contributed by atoms with Crippen molar-refractivity contribution in [1.82, 2.24) is 0 Å². The molecule has 37 heavy (non-hydrogen) atoms. The van der Waals surface area contributed by atoms with Crippen LogP contribution >= 0.6 is 0 Å². The van der Waals surface area contributed by atoms with E-state index in [1.807, 2.05) is 6.07 Å². The van der Waals surface area contributed by atoms with Crippen LogP contribution in [0.1, 0.15) is 28.7 Å². The quantitative estimate of drug-likeness (QED) is 0.265. The summed E-state index contributed by atoms with van der Waals surface area (Å²) in [6.45, 7) is -0.900. The molecule has 6 N–H and O–H groups in total. The van der Waals surface area contributed by atoms with E-state index in [9.17, 15) is 25.5 Å². The molecule has 2 aliphatic rings. The first kappa shape index (κ1) is 27.1. The van der Waals surface area contributed by atoms with Crippen molar-refractivity contribution in [2.75, 3.05) is 34.0 Å². The first-order chi connectivity index (χ1) is 17.9. The van der Waals surface area contributed by atoms with Gasteiger partial charge in [-0.25, -0.2) is 0 Å². The molecule has 2 aromatic carbocycles. The Balaban J connectivity index is 1.61. The topological polar surface area (TPSA) is 168 Å². The van der Waals surface area contributed by atoms with E-state index in [-0.39, 0.29) is 24.7 Å². The van der Waals surface area contributed by atoms with Crippen LogP contribution in [-0.2, 0) is 4.74 Å². The van der Waals surface area contributed by atoms with Gasteiger partial charge in [0.2, 0.25) is 6.29 Å². The summed E-state index contributed by atoms with van der Waals surface area (Å²) < 4.78 is 28.4. The number of hydrogen-bond acceptors (Lipinski definition) is 11. The Labute approximate surface area is 213 Å². The zero-order valence-corrected chi connectivity index (χ0v) is 20.4. The molecule has 11 heteroatoms. The van der Waals surface area contributed by atoms with Crippen molar-refractivity contribution in [3.8, 4) is 23.0 Å². The van der Waals surface area contributed by atoms with E-state index in [0.29, 0.717) is 17.1 Å². The van der Waals surface area contributed by atoms with E-state index >= 15 is 0 Å². The normalized spacial score (nSPS) is 29.1. The van der Waals surface area contributed by atoms with Crippen LogP contribution in [0.4, 0.5) is 0 Å². The summed E-state index contributed by atoms with van der Waals surface area (Å²) >= 11 is 0. The van der Waals surface area contributed by atoms with E-state index in [1.54, 1.807) is 36.4 Å². The number of aliphatic hydroxyl groups is 6. The van der Waals surface area contributed by atoms with Crippen molar-refractivity contribution in [3.05, 3.63) is 53.1 Å². The molecule has 2 aromatic rings. The fourth-order valence-electron chi connectivity index (χ4n) is 4.60. The number of aliphatic hydroxyl groups excluding tert-OH is 6. The molecule has 0 amide bonds. The molecule has 2 heterocycles. The number of hydrogen-bond donors (Lipinski definition) is 6. The van der Waals surface area contributed by atoms with Gasteiger partial charge >= 0.3 is 0 Å². The molecule has 0 radical (unpaired) electrons. The highest BCUT2D eigenvalue weighted by Crippen LogP contribution is 2.51. The van der Waals surface area contributed by atoms with Crippen LogP contribution in [0.25, 0.3) is 6.08 Å². The maximum Gasteiger partial charge on any atom is 0.229 e. The minimum atomic E-state index is -1.58. The molecule has 2 aliphatic heterocycles. The monoisotopic (exact) mass is 520 g/mol. The van der Waals surface area contributed by atoms with Crippen LogP contribution in [0.15, 0.2) is 36.4 Å². The van der Waals surface area contributed by atoms with E-state index < -0.39 is 49.3 Å². The summed E-state index contributed by atoms with van der Waals surface area (Å²) in [4.78, 5) is 0. The van der Waals surface area contributed by atoms with Crippen LogP contribution in [0.3, 0.4) is 0 Å². The summed E-state index contributed by atoms with van der Waals surface area (Å²) in [6.07, 6.45) is -4.38. The van der Waals surface area contributed by atoms with Crippen LogP contribution in [0, 0.1) is 0 Å². The van der Waals surface area contributed by atoms with Gasteiger partial charge in [0.15, 0.2) is 23.0 Å². The summed E-state index contributed by atoms with van der Waals surface area (Å²) in [6, 6.07) is 8.60. The minimum Gasteiger partial charge on any atom is -0.493 e. The Kier molecular flexibility index (Phi) is 8.55. The summed E-state index contributed by atoms with van der Waals surface area (Å²) in [5.74, 6) is 1.03. The Morgan fingerprint density at radius 3 is 2.27 bits per heavy atom. The van der Waals surface area contributed by atoms with Gasteiger partial charge in [-0.1, -0.05) is 18.2 Å². The molecule has 0 aromatic heterocycles. The van der Waals surface area contributed by atoms with E-state index in [0.717, 1.165) is 11.1 Å². The molecule has 0 bridgehead atoms. The Hall–Kier alpha value is -2.90. The van der Waals surface area contributed by atoms with Crippen LogP contribution < -0.4 is 18.9 Å². The average Bonchev–Trinajstić information content (AvgIpc) is 3.30. The number of methoxy groups -OCH3 is 2. The highest BCUT2D eigenvalue weighted by atomic mass is 16.7. The van der Waals surface area contributed by atoms with Gasteiger partial charge in [0, 0.05) is 5.56 Å². The summed E-state index contributed by atoms with van der Waals surface area (Å²) in [7, 11) is 2.95. The number of benzene rings is 2. The van der Waals surface area contributed by atoms with Crippen molar-refractivity contribution in [3.63, 3.8) is 0 Å².